The number of primary amides is 1. The molecule has 0 rings (SSSR count). The van der Waals surface area contributed by atoms with Gasteiger partial charge in [-0.25, -0.2) is 0 Å². The standard InChI is InChI=1S/C6H11NO5S/c7-6(9)5(8)3-1-2-4-13(10,11)12/h3,8H,1-2,4H2,(H2,7,9)(H,10,11,12). The molecule has 0 aliphatic carbocycles. The normalized spacial score (nSPS) is 12.8. The van der Waals surface area contributed by atoms with Gasteiger partial charge in [-0.3, -0.25) is 9.35 Å². The highest BCUT2D eigenvalue weighted by atomic mass is 32.2. The first-order chi connectivity index (χ1) is 5.83. The number of aliphatic hydroxyl groups excluding tert-OH is 1. The van der Waals surface area contributed by atoms with E-state index in [1.807, 2.05) is 0 Å². The lowest BCUT2D eigenvalue weighted by Crippen LogP contribution is -2.13. The van der Waals surface area contributed by atoms with E-state index in [9.17, 15) is 13.2 Å². The number of carbonyl (C=O) groups excluding carboxylic acids is 1. The maximum atomic E-state index is 10.2. The largest absolute Gasteiger partial charge is 0.503 e. The van der Waals surface area contributed by atoms with Crippen molar-refractivity contribution in [2.24, 2.45) is 5.73 Å². The van der Waals surface area contributed by atoms with E-state index >= 15 is 0 Å². The Morgan fingerprint density at radius 1 is 1.46 bits per heavy atom. The van der Waals surface area contributed by atoms with Crippen molar-refractivity contribution in [1.29, 1.82) is 0 Å². The van der Waals surface area contributed by atoms with Crippen LogP contribution in [-0.2, 0) is 14.9 Å². The highest BCUT2D eigenvalue weighted by Crippen LogP contribution is 1.98. The molecule has 0 aromatic rings. The molecule has 0 saturated carbocycles. The molecule has 0 saturated heterocycles. The fourth-order valence-electron chi connectivity index (χ4n) is 0.605. The van der Waals surface area contributed by atoms with Gasteiger partial charge in [-0.2, -0.15) is 8.42 Å². The fraction of sp³-hybridized carbons (Fsp3) is 0.500. The van der Waals surface area contributed by atoms with Crippen molar-refractivity contribution in [2.45, 2.75) is 12.8 Å². The van der Waals surface area contributed by atoms with Crippen LogP contribution in [0.2, 0.25) is 0 Å². The SMILES string of the molecule is NC(=O)C(O)=CCCCS(=O)(=O)O. The van der Waals surface area contributed by atoms with Gasteiger partial charge in [-0.15, -0.1) is 0 Å². The van der Waals surface area contributed by atoms with Crippen LogP contribution in [0.4, 0.5) is 0 Å². The highest BCUT2D eigenvalue weighted by molar-refractivity contribution is 7.85. The van der Waals surface area contributed by atoms with E-state index in [1.54, 1.807) is 0 Å². The first kappa shape index (κ1) is 11.9. The zero-order chi connectivity index (χ0) is 10.5. The Labute approximate surface area is 75.8 Å². The number of unbranched alkanes of at least 4 members (excludes halogenated alkanes) is 1. The fourth-order valence-corrected chi connectivity index (χ4v) is 1.14. The summed E-state index contributed by atoms with van der Waals surface area (Å²) >= 11 is 0. The molecule has 0 aliphatic rings. The van der Waals surface area contributed by atoms with Crippen molar-refractivity contribution in [1.82, 2.24) is 0 Å². The van der Waals surface area contributed by atoms with Crippen LogP contribution in [0.25, 0.3) is 0 Å². The van der Waals surface area contributed by atoms with Crippen LogP contribution >= 0.6 is 0 Å². The van der Waals surface area contributed by atoms with Gasteiger partial charge in [0.2, 0.25) is 0 Å². The third kappa shape index (κ3) is 7.29. The smallest absolute Gasteiger partial charge is 0.283 e. The third-order valence-electron chi connectivity index (χ3n) is 1.20. The predicted octanol–water partition coefficient (Wildman–Crippen LogP) is -0.418. The molecule has 0 aromatic heterocycles. The van der Waals surface area contributed by atoms with Crippen LogP contribution in [0.15, 0.2) is 11.8 Å². The van der Waals surface area contributed by atoms with Crippen LogP contribution in [-0.4, -0.2) is 29.7 Å². The molecule has 0 unspecified atom stereocenters. The maximum absolute atomic E-state index is 10.2. The third-order valence-corrected chi connectivity index (χ3v) is 2.00. The zero-order valence-corrected chi connectivity index (χ0v) is 7.62. The lowest BCUT2D eigenvalue weighted by atomic mass is 10.3. The van der Waals surface area contributed by atoms with Crippen molar-refractivity contribution in [3.05, 3.63) is 11.8 Å². The summed E-state index contributed by atoms with van der Waals surface area (Å²) < 4.78 is 28.7. The van der Waals surface area contributed by atoms with Crippen LogP contribution in [0, 0.1) is 0 Å². The summed E-state index contributed by atoms with van der Waals surface area (Å²) in [5, 5.41) is 8.73. The average Bonchev–Trinajstić information content (AvgIpc) is 1.95. The highest BCUT2D eigenvalue weighted by Gasteiger charge is 2.03. The Kier molecular flexibility index (Phi) is 4.43. The topological polar surface area (TPSA) is 118 Å². The van der Waals surface area contributed by atoms with E-state index in [-0.39, 0.29) is 12.8 Å². The monoisotopic (exact) mass is 209 g/mol. The van der Waals surface area contributed by atoms with Gasteiger partial charge >= 0.3 is 0 Å². The second kappa shape index (κ2) is 4.83. The van der Waals surface area contributed by atoms with Gasteiger partial charge in [0.05, 0.1) is 5.75 Å². The molecule has 0 aliphatic heterocycles. The molecule has 1 amide bonds. The summed E-state index contributed by atoms with van der Waals surface area (Å²) in [4.78, 5) is 10.2. The van der Waals surface area contributed by atoms with Crippen LogP contribution in [0.1, 0.15) is 12.8 Å². The maximum Gasteiger partial charge on any atom is 0.283 e. The summed E-state index contributed by atoms with van der Waals surface area (Å²) in [7, 11) is -3.97. The van der Waals surface area contributed by atoms with Crippen molar-refractivity contribution in [3.8, 4) is 0 Å². The molecule has 0 atom stereocenters. The van der Waals surface area contributed by atoms with Crippen molar-refractivity contribution in [3.63, 3.8) is 0 Å². The van der Waals surface area contributed by atoms with Crippen molar-refractivity contribution in [2.75, 3.05) is 5.75 Å². The van der Waals surface area contributed by atoms with Crippen LogP contribution < -0.4 is 5.73 Å². The number of rotatable bonds is 5. The Morgan fingerprint density at radius 2 is 2.00 bits per heavy atom. The van der Waals surface area contributed by atoms with E-state index in [4.69, 9.17) is 9.66 Å². The van der Waals surface area contributed by atoms with E-state index in [0.717, 1.165) is 6.08 Å². The Hall–Kier alpha value is -1.08. The molecular weight excluding hydrogens is 198 g/mol. The van der Waals surface area contributed by atoms with Crippen molar-refractivity contribution < 1.29 is 22.9 Å². The van der Waals surface area contributed by atoms with Gasteiger partial charge < -0.3 is 10.8 Å². The predicted molar refractivity (Wildman–Crippen MR) is 45.6 cm³/mol. The van der Waals surface area contributed by atoms with Crippen molar-refractivity contribution >= 4 is 16.0 Å². The first-order valence-electron chi connectivity index (χ1n) is 3.47. The number of hydrogen-bond acceptors (Lipinski definition) is 4. The van der Waals surface area contributed by atoms with E-state index in [1.165, 1.54) is 0 Å². The molecule has 6 nitrogen and oxygen atoms in total. The molecule has 13 heavy (non-hydrogen) atoms. The summed E-state index contributed by atoms with van der Waals surface area (Å²) in [5.74, 6) is -1.97. The minimum absolute atomic E-state index is 0.121. The molecule has 0 aromatic carbocycles. The number of amides is 1. The van der Waals surface area contributed by atoms with Gasteiger partial charge in [0, 0.05) is 0 Å². The number of carbonyl (C=O) groups is 1. The van der Waals surface area contributed by atoms with Gasteiger partial charge in [-0.05, 0) is 18.9 Å². The Bertz CT molecular complexity index is 305. The lowest BCUT2D eigenvalue weighted by molar-refractivity contribution is -0.116. The van der Waals surface area contributed by atoms with Gasteiger partial charge in [0.1, 0.15) is 0 Å². The molecule has 0 radical (unpaired) electrons. The zero-order valence-electron chi connectivity index (χ0n) is 6.80. The minimum atomic E-state index is -3.97. The van der Waals surface area contributed by atoms with E-state index in [2.05, 4.69) is 5.73 Å². The average molecular weight is 209 g/mol. The van der Waals surface area contributed by atoms with Crippen LogP contribution in [0.3, 0.4) is 0 Å². The molecule has 7 heteroatoms. The quantitative estimate of drug-likeness (QED) is 0.246. The minimum Gasteiger partial charge on any atom is -0.503 e. The Morgan fingerprint density at radius 3 is 2.38 bits per heavy atom. The second-order valence-electron chi connectivity index (χ2n) is 2.38. The van der Waals surface area contributed by atoms with E-state index in [0.29, 0.717) is 0 Å². The van der Waals surface area contributed by atoms with Gasteiger partial charge in [-0.1, -0.05) is 0 Å². The molecule has 0 fully saturated rings. The number of aliphatic hydroxyl groups is 1. The Balaban J connectivity index is 3.81. The number of hydrogen-bond donors (Lipinski definition) is 3. The molecule has 0 bridgehead atoms. The molecule has 0 spiro atoms. The molecular formula is C6H11NO5S. The lowest BCUT2D eigenvalue weighted by Gasteiger charge is -1.94. The number of allylic oxidation sites excluding steroid dienone is 1. The summed E-state index contributed by atoms with van der Waals surface area (Å²) in [5.41, 5.74) is 4.68. The second-order valence-corrected chi connectivity index (χ2v) is 3.95. The first-order valence-corrected chi connectivity index (χ1v) is 5.08. The summed E-state index contributed by atoms with van der Waals surface area (Å²) in [6.07, 6.45) is 1.39. The molecule has 4 N–H and O–H groups in total. The van der Waals surface area contributed by atoms with Crippen LogP contribution in [0.5, 0.6) is 0 Å². The summed E-state index contributed by atoms with van der Waals surface area (Å²) in [6, 6.07) is 0. The molecule has 0 heterocycles. The van der Waals surface area contributed by atoms with E-state index < -0.39 is 27.5 Å². The number of nitrogens with two attached hydrogens (primary N) is 1. The van der Waals surface area contributed by atoms with Gasteiger partial charge in [0.15, 0.2) is 5.76 Å². The molecule has 76 valence electrons. The van der Waals surface area contributed by atoms with Gasteiger partial charge in [0.25, 0.3) is 16.0 Å². The summed E-state index contributed by atoms with van der Waals surface area (Å²) in [6.45, 7) is 0.